The Balaban J connectivity index is 0.000000392. The van der Waals surface area contributed by atoms with E-state index in [1.165, 1.54) is 27.8 Å². The molecule has 334 valence electrons. The van der Waals surface area contributed by atoms with Crippen molar-refractivity contribution in [3.63, 3.8) is 0 Å². The number of carbonyl (C=O) groups is 5. The quantitative estimate of drug-likeness (QED) is 0.0631. The molecular formula is C48H71KN2O10. The van der Waals surface area contributed by atoms with Gasteiger partial charge in [-0.05, 0) is 158 Å². The summed E-state index contributed by atoms with van der Waals surface area (Å²) in [6.07, 6.45) is 10.1. The molecule has 0 aromatic heterocycles. The van der Waals surface area contributed by atoms with Crippen molar-refractivity contribution in [1.82, 2.24) is 0 Å². The Morgan fingerprint density at radius 3 is 1.48 bits per heavy atom. The minimum Gasteiger partial charge on any atom is -0.870 e. The van der Waals surface area contributed by atoms with Crippen LogP contribution in [0, 0.1) is 22.7 Å². The molecule has 0 radical (unpaired) electrons. The molecule has 2 fully saturated rings. The molecule has 0 heterocycles. The number of nitrogens with two attached hydrogens (primary N) is 2. The molecule has 6 rings (SSSR count). The van der Waals surface area contributed by atoms with E-state index in [4.69, 9.17) is 10.2 Å². The van der Waals surface area contributed by atoms with Crippen LogP contribution in [0.3, 0.4) is 0 Å². The molecule has 12 nitrogen and oxygen atoms in total. The van der Waals surface area contributed by atoms with Crippen molar-refractivity contribution in [2.75, 3.05) is 0 Å². The van der Waals surface area contributed by atoms with E-state index in [0.717, 1.165) is 75.3 Å². The molecule has 0 amide bonds. The second-order valence-corrected chi connectivity index (χ2v) is 19.3. The van der Waals surface area contributed by atoms with Crippen LogP contribution in [0.5, 0.6) is 0 Å². The van der Waals surface area contributed by atoms with Crippen molar-refractivity contribution < 1.29 is 101 Å². The second-order valence-electron chi connectivity index (χ2n) is 19.3. The van der Waals surface area contributed by atoms with Gasteiger partial charge in [0.25, 0.3) is 0 Å². The molecule has 9 N–H and O–H groups in total. The molecule has 2 saturated carbocycles. The van der Waals surface area contributed by atoms with E-state index >= 15 is 0 Å². The average molecular weight is 875 g/mol. The van der Waals surface area contributed by atoms with Crippen molar-refractivity contribution in [2.45, 2.75) is 174 Å². The number of hydrogen-bond donors (Lipinski definition) is 6. The van der Waals surface area contributed by atoms with E-state index in [1.54, 1.807) is 0 Å². The summed E-state index contributed by atoms with van der Waals surface area (Å²) >= 11 is 0. The Morgan fingerprint density at radius 2 is 1.07 bits per heavy atom. The molecule has 0 spiro atoms. The van der Waals surface area contributed by atoms with Crippen LogP contribution in [0.1, 0.15) is 194 Å². The number of carboxylic acids is 4. The Bertz CT molecular complexity index is 1930. The maximum Gasteiger partial charge on any atom is 1.00 e. The van der Waals surface area contributed by atoms with Gasteiger partial charge < -0.3 is 25.9 Å². The predicted molar refractivity (Wildman–Crippen MR) is 231 cm³/mol. The third-order valence-corrected chi connectivity index (χ3v) is 15.1. The predicted octanol–water partition coefficient (Wildman–Crippen LogP) is 5.91. The van der Waals surface area contributed by atoms with Crippen LogP contribution < -0.4 is 63.1 Å². The molecule has 4 aliphatic carbocycles. The van der Waals surface area contributed by atoms with Crippen LogP contribution in [0.4, 0.5) is 0 Å². The fraction of sp³-hybridized carbons (Fsp3) is 0.646. The number of benzene rings is 2. The molecule has 2 aromatic rings. The van der Waals surface area contributed by atoms with E-state index < -0.39 is 34.7 Å². The smallest absolute Gasteiger partial charge is 0.870 e. The van der Waals surface area contributed by atoms with E-state index in [0.29, 0.717) is 24.3 Å². The number of carboxylic acid groups (broad SMARTS) is 4. The van der Waals surface area contributed by atoms with Crippen molar-refractivity contribution in [3.8, 4) is 0 Å². The van der Waals surface area contributed by atoms with Crippen LogP contribution in [0.2, 0.25) is 0 Å². The summed E-state index contributed by atoms with van der Waals surface area (Å²) in [4.78, 5) is 59.1. The fourth-order valence-corrected chi connectivity index (χ4v) is 11.9. The first kappa shape index (κ1) is 54.6. The minimum absolute atomic E-state index is 0. The molecular weight excluding hydrogens is 804 g/mol. The first-order valence-electron chi connectivity index (χ1n) is 21.7. The topological polar surface area (TPSA) is 248 Å². The normalized spacial score (nSPS) is 27.1. The molecule has 13 heteroatoms. The molecule has 6 atom stereocenters. The van der Waals surface area contributed by atoms with Crippen molar-refractivity contribution in [2.24, 2.45) is 34.4 Å². The summed E-state index contributed by atoms with van der Waals surface area (Å²) in [6.45, 7) is 16.7. The van der Waals surface area contributed by atoms with E-state index in [-0.39, 0.29) is 110 Å². The number of rotatable bonds is 12. The number of ketones is 1. The molecule has 2 aromatic carbocycles. The Hall–Kier alpha value is -2.49. The first-order valence-corrected chi connectivity index (χ1v) is 21.7. The zero-order chi connectivity index (χ0) is 44.2. The Morgan fingerprint density at radius 1 is 0.639 bits per heavy atom. The molecule has 0 aliphatic heterocycles. The van der Waals surface area contributed by atoms with E-state index in [2.05, 4.69) is 57.6 Å². The van der Waals surface area contributed by atoms with Gasteiger partial charge in [-0.2, -0.15) is 0 Å². The monoisotopic (exact) mass is 874 g/mol. The maximum atomic E-state index is 12.9. The van der Waals surface area contributed by atoms with Gasteiger partial charge in [-0.3, -0.25) is 35.7 Å². The molecule has 0 bridgehead atoms. The van der Waals surface area contributed by atoms with E-state index in [9.17, 15) is 34.2 Å². The standard InChI is InChI=1S/C24H32O5.C24H34O4.K.H4N2.H2O/c1-14(2)16-12-15-6-8-20-23(3,10-5-11-24(20,4)22(28)29)18(15)13-17(16)19(25)7-9-21(26)27;1-15(2)18-13-17-9-10-20-23(3,11-6-12-24(20,4)22(27)28)19(17)14-16(18)7-5-8-21(25)26;;1-2;/h12-14,20H,5-11H2,1-4H3,(H,26,27)(H,28,29);13-15,20H,5-12H2,1-4H3,(H,25,26)(H,27,28);;1-2H2;1H2/q;;+1;;/p-1. The summed E-state index contributed by atoms with van der Waals surface area (Å²) in [7, 11) is 0. The van der Waals surface area contributed by atoms with Gasteiger partial charge in [-0.25, -0.2) is 0 Å². The largest absolute Gasteiger partial charge is 1.00 e. The summed E-state index contributed by atoms with van der Waals surface area (Å²) in [5, 5.41) is 37.9. The molecule has 6 unspecified atom stereocenters. The van der Waals surface area contributed by atoms with Crippen LogP contribution in [-0.4, -0.2) is 55.6 Å². The van der Waals surface area contributed by atoms with Gasteiger partial charge in [0.15, 0.2) is 5.78 Å². The van der Waals surface area contributed by atoms with Crippen LogP contribution in [0.15, 0.2) is 24.3 Å². The van der Waals surface area contributed by atoms with E-state index in [1.807, 2.05) is 33.8 Å². The summed E-state index contributed by atoms with van der Waals surface area (Å²) in [5.74, 6) is 5.48. The first-order chi connectivity index (χ1) is 27.6. The number of aliphatic carboxylic acids is 4. The van der Waals surface area contributed by atoms with Crippen molar-refractivity contribution in [1.29, 1.82) is 0 Å². The van der Waals surface area contributed by atoms with Gasteiger partial charge in [-0.15, -0.1) is 0 Å². The minimum atomic E-state index is -0.973. The summed E-state index contributed by atoms with van der Waals surface area (Å²) < 4.78 is 0. The van der Waals surface area contributed by atoms with Crippen molar-refractivity contribution >= 4 is 29.7 Å². The average Bonchev–Trinajstić information content (AvgIpc) is 3.17. The number of hydrogen-bond acceptors (Lipinski definition) is 8. The summed E-state index contributed by atoms with van der Waals surface area (Å²) in [5.41, 5.74) is 7.36. The molecule has 0 saturated heterocycles. The summed E-state index contributed by atoms with van der Waals surface area (Å²) in [6, 6.07) is 8.76. The van der Waals surface area contributed by atoms with Crippen LogP contribution in [-0.2, 0) is 49.3 Å². The number of hydrazine groups is 1. The maximum absolute atomic E-state index is 12.9. The fourth-order valence-electron chi connectivity index (χ4n) is 11.9. The van der Waals surface area contributed by atoms with Gasteiger partial charge in [0, 0.05) is 18.4 Å². The van der Waals surface area contributed by atoms with Gasteiger partial charge in [0.1, 0.15) is 0 Å². The van der Waals surface area contributed by atoms with Gasteiger partial charge in [0.05, 0.1) is 17.3 Å². The zero-order valence-corrected chi connectivity index (χ0v) is 41.3. The second kappa shape index (κ2) is 21.9. The van der Waals surface area contributed by atoms with Crippen molar-refractivity contribution in [3.05, 3.63) is 68.8 Å². The van der Waals surface area contributed by atoms with Gasteiger partial charge in [-0.1, -0.05) is 72.6 Å². The SMILES string of the molecule is CC(C)c1cc2c(cc1C(=O)CCC(=O)O)C1(C)CCCC(C)(C(=O)O)C1CC2.CC(C)c1cc2c(cc1CCCC(=O)O)C1(C)CCCC(C)(C(=O)O)C1CC2.NN.[K+].[OH-]. The molecule has 61 heavy (non-hydrogen) atoms. The van der Waals surface area contributed by atoms with Gasteiger partial charge >= 0.3 is 75.3 Å². The van der Waals surface area contributed by atoms with Crippen LogP contribution >= 0.6 is 0 Å². The number of Topliss-reactive ketones (excluding diaryl/α,β-unsaturated/α-hetero) is 1. The van der Waals surface area contributed by atoms with Crippen LogP contribution in [0.25, 0.3) is 0 Å². The number of fused-ring (bicyclic) bond motifs is 6. The van der Waals surface area contributed by atoms with Gasteiger partial charge in [0.2, 0.25) is 0 Å². The third-order valence-electron chi connectivity index (χ3n) is 15.1. The number of carbonyl (C=O) groups excluding carboxylic acids is 1. The zero-order valence-electron chi connectivity index (χ0n) is 38.2. The molecule has 4 aliphatic rings. The third kappa shape index (κ3) is 11.1. The Labute approximate surface area is 405 Å². The number of aryl methyl sites for hydroxylation is 3. The Kier molecular flexibility index (Phi) is 19.6.